The number of hydrogen-bond donors (Lipinski definition) is 2. The van der Waals surface area contributed by atoms with Gasteiger partial charge in [0.1, 0.15) is 5.82 Å². The highest BCUT2D eigenvalue weighted by atomic mass is 15.3. The van der Waals surface area contributed by atoms with Gasteiger partial charge in [-0.1, -0.05) is 43.2 Å². The molecule has 1 atom stereocenters. The van der Waals surface area contributed by atoms with Crippen LogP contribution in [0.15, 0.2) is 30.3 Å². The smallest absolute Gasteiger partial charge is 0.137 e. The van der Waals surface area contributed by atoms with Crippen molar-refractivity contribution in [3.05, 3.63) is 41.7 Å². The molecule has 1 aromatic heterocycles. The summed E-state index contributed by atoms with van der Waals surface area (Å²) in [7, 11) is 0. The van der Waals surface area contributed by atoms with Crippen molar-refractivity contribution >= 4 is 0 Å². The van der Waals surface area contributed by atoms with Gasteiger partial charge in [0.15, 0.2) is 0 Å². The molecule has 0 spiro atoms. The minimum atomic E-state index is 0.203. The Bertz CT molecular complexity index is 696. The molecule has 2 aliphatic rings. The third-order valence-electron chi connectivity index (χ3n) is 6.14. The van der Waals surface area contributed by atoms with Crippen LogP contribution >= 0.6 is 0 Å². The van der Waals surface area contributed by atoms with Gasteiger partial charge in [-0.05, 0) is 19.8 Å². The number of nitrogens with one attached hydrogen (secondary N) is 1. The summed E-state index contributed by atoms with van der Waals surface area (Å²) in [5.41, 5.74) is 9.58. The number of nitrogens with zero attached hydrogens (tertiary/aromatic N) is 3. The maximum absolute atomic E-state index is 6.20. The number of hydrogen-bond acceptors (Lipinski definition) is 4. The van der Waals surface area contributed by atoms with Gasteiger partial charge in [0.05, 0.1) is 11.7 Å². The minimum Gasteiger partial charge on any atom is -0.342 e. The van der Waals surface area contributed by atoms with E-state index in [0.717, 1.165) is 55.0 Å². The number of H-pyrrole nitrogens is 1. The first-order valence-electron chi connectivity index (χ1n) is 10.1. The van der Waals surface area contributed by atoms with Gasteiger partial charge in [-0.3, -0.25) is 9.80 Å². The summed E-state index contributed by atoms with van der Waals surface area (Å²) in [4.78, 5) is 13.6. The van der Waals surface area contributed by atoms with Gasteiger partial charge in [0, 0.05) is 50.0 Å². The molecule has 26 heavy (non-hydrogen) atoms. The van der Waals surface area contributed by atoms with Crippen LogP contribution in [0.2, 0.25) is 0 Å². The third kappa shape index (κ3) is 3.56. The standard InChI is InChI=1S/C21H31N5/c1-16-20(24-21(23-16)17-7-3-2-4-8-17)19(15-22)26-13-11-25(12-14-26)18-9-5-6-10-18/h2-4,7-8,18-19H,5-6,9-15,22H2,1H3,(H,23,24). The summed E-state index contributed by atoms with van der Waals surface area (Å²) in [6.45, 7) is 7.23. The van der Waals surface area contributed by atoms with Crippen molar-refractivity contribution in [3.8, 4) is 11.4 Å². The summed E-state index contributed by atoms with van der Waals surface area (Å²) in [5.74, 6) is 0.946. The van der Waals surface area contributed by atoms with Gasteiger partial charge < -0.3 is 10.7 Å². The molecule has 5 nitrogen and oxygen atoms in total. The lowest BCUT2D eigenvalue weighted by atomic mass is 10.1. The van der Waals surface area contributed by atoms with Gasteiger partial charge in [0.2, 0.25) is 0 Å². The van der Waals surface area contributed by atoms with Crippen molar-refractivity contribution in [1.29, 1.82) is 0 Å². The summed E-state index contributed by atoms with van der Waals surface area (Å²) in [6.07, 6.45) is 5.59. The lowest BCUT2D eigenvalue weighted by molar-refractivity contribution is 0.0710. The van der Waals surface area contributed by atoms with Crippen LogP contribution in [0.1, 0.15) is 43.1 Å². The third-order valence-corrected chi connectivity index (χ3v) is 6.14. The second-order valence-electron chi connectivity index (χ2n) is 7.72. The van der Waals surface area contributed by atoms with Crippen molar-refractivity contribution in [2.45, 2.75) is 44.7 Å². The molecule has 1 saturated carbocycles. The van der Waals surface area contributed by atoms with Gasteiger partial charge in [-0.15, -0.1) is 0 Å². The zero-order valence-corrected chi connectivity index (χ0v) is 15.8. The fraction of sp³-hybridized carbons (Fsp3) is 0.571. The van der Waals surface area contributed by atoms with E-state index in [1.807, 2.05) is 6.07 Å². The SMILES string of the molecule is Cc1[nH]c(-c2ccccc2)nc1C(CN)N1CCN(C2CCCC2)CC1. The first kappa shape index (κ1) is 17.7. The van der Waals surface area contributed by atoms with Crippen LogP contribution in [0.25, 0.3) is 11.4 Å². The van der Waals surface area contributed by atoms with Crippen LogP contribution < -0.4 is 5.73 Å². The van der Waals surface area contributed by atoms with Crippen molar-refractivity contribution in [1.82, 2.24) is 19.8 Å². The topological polar surface area (TPSA) is 61.2 Å². The molecule has 1 saturated heterocycles. The molecule has 2 heterocycles. The van der Waals surface area contributed by atoms with Gasteiger partial charge >= 0.3 is 0 Å². The summed E-state index contributed by atoms with van der Waals surface area (Å²) < 4.78 is 0. The van der Waals surface area contributed by atoms with Crippen LogP contribution in [0, 0.1) is 6.92 Å². The van der Waals surface area contributed by atoms with E-state index in [2.05, 4.69) is 46.0 Å². The summed E-state index contributed by atoms with van der Waals surface area (Å²) in [6, 6.07) is 11.4. The first-order valence-corrected chi connectivity index (χ1v) is 10.1. The highest BCUT2D eigenvalue weighted by Gasteiger charge is 2.30. The molecule has 0 bridgehead atoms. The molecular weight excluding hydrogens is 322 g/mol. The zero-order chi connectivity index (χ0) is 17.9. The number of aryl methyl sites for hydroxylation is 1. The number of imidazole rings is 1. The molecule has 140 valence electrons. The van der Waals surface area contributed by atoms with E-state index >= 15 is 0 Å². The Kier molecular flexibility index (Phi) is 5.38. The van der Waals surface area contributed by atoms with Crippen LogP contribution in [-0.2, 0) is 0 Å². The number of benzene rings is 1. The second kappa shape index (κ2) is 7.91. The highest BCUT2D eigenvalue weighted by Crippen LogP contribution is 2.28. The molecular formula is C21H31N5. The number of rotatable bonds is 5. The predicted molar refractivity (Wildman–Crippen MR) is 106 cm³/mol. The number of nitrogens with two attached hydrogens (primary N) is 1. The normalized spacial score (nSPS) is 21.3. The number of aromatic nitrogens is 2. The monoisotopic (exact) mass is 353 g/mol. The molecule has 2 aromatic rings. The Labute approximate surface area is 156 Å². The Morgan fingerprint density at radius 3 is 2.46 bits per heavy atom. The Balaban J connectivity index is 1.47. The quantitative estimate of drug-likeness (QED) is 0.868. The highest BCUT2D eigenvalue weighted by molar-refractivity contribution is 5.55. The molecule has 4 rings (SSSR count). The maximum Gasteiger partial charge on any atom is 0.137 e. The molecule has 3 N–H and O–H groups in total. The van der Waals surface area contributed by atoms with E-state index in [4.69, 9.17) is 10.7 Å². The summed E-state index contributed by atoms with van der Waals surface area (Å²) in [5, 5.41) is 0. The van der Waals surface area contributed by atoms with Gasteiger partial charge in [-0.25, -0.2) is 4.98 Å². The molecule has 5 heteroatoms. The van der Waals surface area contributed by atoms with E-state index < -0.39 is 0 Å². The lowest BCUT2D eigenvalue weighted by Gasteiger charge is -2.41. The predicted octanol–water partition coefficient (Wildman–Crippen LogP) is 2.95. The maximum atomic E-state index is 6.20. The van der Waals surface area contributed by atoms with Crippen LogP contribution in [0.5, 0.6) is 0 Å². The molecule has 2 fully saturated rings. The van der Waals surface area contributed by atoms with Gasteiger partial charge in [-0.2, -0.15) is 0 Å². The minimum absolute atomic E-state index is 0.203. The fourth-order valence-corrected chi connectivity index (χ4v) is 4.65. The van der Waals surface area contributed by atoms with Crippen molar-refractivity contribution in [3.63, 3.8) is 0 Å². The van der Waals surface area contributed by atoms with Crippen molar-refractivity contribution in [2.24, 2.45) is 5.73 Å². The largest absolute Gasteiger partial charge is 0.342 e. The fourth-order valence-electron chi connectivity index (χ4n) is 4.65. The average Bonchev–Trinajstić information content (AvgIpc) is 3.35. The van der Waals surface area contributed by atoms with Crippen LogP contribution in [0.4, 0.5) is 0 Å². The molecule has 1 aliphatic carbocycles. The Morgan fingerprint density at radius 1 is 1.12 bits per heavy atom. The van der Waals surface area contributed by atoms with E-state index in [-0.39, 0.29) is 6.04 Å². The molecule has 1 unspecified atom stereocenters. The zero-order valence-electron chi connectivity index (χ0n) is 15.8. The van der Waals surface area contributed by atoms with E-state index in [0.29, 0.717) is 6.54 Å². The molecule has 0 radical (unpaired) electrons. The van der Waals surface area contributed by atoms with Crippen LogP contribution in [0.3, 0.4) is 0 Å². The lowest BCUT2D eigenvalue weighted by Crippen LogP contribution is -2.51. The van der Waals surface area contributed by atoms with Crippen molar-refractivity contribution < 1.29 is 0 Å². The number of aromatic amines is 1. The Hall–Kier alpha value is -1.69. The Morgan fingerprint density at radius 2 is 1.81 bits per heavy atom. The van der Waals surface area contributed by atoms with Crippen molar-refractivity contribution in [2.75, 3.05) is 32.7 Å². The van der Waals surface area contributed by atoms with E-state index in [9.17, 15) is 0 Å². The van der Waals surface area contributed by atoms with Gasteiger partial charge in [0.25, 0.3) is 0 Å². The van der Waals surface area contributed by atoms with E-state index in [1.165, 1.54) is 25.7 Å². The van der Waals surface area contributed by atoms with Crippen LogP contribution in [-0.4, -0.2) is 58.5 Å². The first-order chi connectivity index (χ1) is 12.8. The molecule has 0 amide bonds. The average molecular weight is 354 g/mol. The van der Waals surface area contributed by atoms with E-state index in [1.54, 1.807) is 0 Å². The number of piperazine rings is 1. The summed E-state index contributed by atoms with van der Waals surface area (Å²) >= 11 is 0. The molecule has 1 aromatic carbocycles. The molecule has 1 aliphatic heterocycles. The second-order valence-corrected chi connectivity index (χ2v) is 7.72.